The van der Waals surface area contributed by atoms with Gasteiger partial charge in [-0.3, -0.25) is 0 Å². The molecule has 134 valence electrons. The lowest BCUT2D eigenvalue weighted by atomic mass is 9.65. The zero-order chi connectivity index (χ0) is 18.5. The van der Waals surface area contributed by atoms with Crippen molar-refractivity contribution in [2.45, 2.75) is 32.2 Å². The number of benzene rings is 2. The van der Waals surface area contributed by atoms with Crippen LogP contribution in [0.4, 0.5) is 0 Å². The molecular formula is C22H22O4. The Kier molecular flexibility index (Phi) is 3.70. The van der Waals surface area contributed by atoms with E-state index in [9.17, 15) is 4.79 Å². The quantitative estimate of drug-likeness (QED) is 0.785. The van der Waals surface area contributed by atoms with Crippen molar-refractivity contribution in [3.63, 3.8) is 0 Å². The van der Waals surface area contributed by atoms with Crippen LogP contribution in [0.3, 0.4) is 0 Å². The van der Waals surface area contributed by atoms with Gasteiger partial charge >= 0.3 is 5.97 Å². The summed E-state index contributed by atoms with van der Waals surface area (Å²) in [4.78, 5) is 11.9. The summed E-state index contributed by atoms with van der Waals surface area (Å²) >= 11 is 0. The molecular weight excluding hydrogens is 328 g/mol. The highest BCUT2D eigenvalue weighted by Crippen LogP contribution is 2.61. The summed E-state index contributed by atoms with van der Waals surface area (Å²) in [6, 6.07) is 16.5. The molecule has 0 saturated carbocycles. The van der Waals surface area contributed by atoms with Gasteiger partial charge in [0.15, 0.2) is 0 Å². The molecule has 0 aromatic heterocycles. The number of hydrogen-bond donors (Lipinski definition) is 0. The summed E-state index contributed by atoms with van der Waals surface area (Å²) in [6.07, 6.45) is 1.42. The first-order valence-electron chi connectivity index (χ1n) is 8.72. The third-order valence-corrected chi connectivity index (χ3v) is 5.34. The van der Waals surface area contributed by atoms with Crippen LogP contribution in [0.1, 0.15) is 29.2 Å². The van der Waals surface area contributed by atoms with Crippen molar-refractivity contribution in [1.29, 1.82) is 0 Å². The van der Waals surface area contributed by atoms with E-state index < -0.39 is 17.4 Å². The van der Waals surface area contributed by atoms with E-state index in [1.54, 1.807) is 14.0 Å². The van der Waals surface area contributed by atoms with Crippen LogP contribution in [-0.2, 0) is 24.6 Å². The molecule has 1 saturated heterocycles. The van der Waals surface area contributed by atoms with Gasteiger partial charge in [-0.2, -0.15) is 0 Å². The predicted molar refractivity (Wildman–Crippen MR) is 97.3 cm³/mol. The summed E-state index contributed by atoms with van der Waals surface area (Å²) in [5, 5.41) is 0. The lowest BCUT2D eigenvalue weighted by molar-refractivity contribution is -0.395. The number of ether oxygens (including phenoxy) is 3. The number of carbonyl (C=O) groups excluding carboxylic acids is 1. The second-order valence-corrected chi connectivity index (χ2v) is 7.19. The van der Waals surface area contributed by atoms with Gasteiger partial charge in [-0.15, -0.1) is 0 Å². The predicted octanol–water partition coefficient (Wildman–Crippen LogP) is 4.00. The molecule has 4 nitrogen and oxygen atoms in total. The van der Waals surface area contributed by atoms with Gasteiger partial charge in [0, 0.05) is 6.92 Å². The SMILES string of the molecule is COC1=CC(=O)O[C@]2(C)OC(c3ccc(C)cc3)(c3ccc(C)cc3)[C@H]12. The number of aryl methyl sites for hydroxylation is 2. The summed E-state index contributed by atoms with van der Waals surface area (Å²) in [6.45, 7) is 5.90. The number of rotatable bonds is 3. The first-order chi connectivity index (χ1) is 12.4. The zero-order valence-corrected chi connectivity index (χ0v) is 15.4. The lowest BCUT2D eigenvalue weighted by Gasteiger charge is -2.61. The number of methoxy groups -OCH3 is 1. The summed E-state index contributed by atoms with van der Waals surface area (Å²) in [5.41, 5.74) is 3.60. The second kappa shape index (κ2) is 5.71. The molecule has 2 aliphatic rings. The van der Waals surface area contributed by atoms with Gasteiger partial charge in [-0.25, -0.2) is 4.79 Å². The van der Waals surface area contributed by atoms with Crippen LogP contribution >= 0.6 is 0 Å². The molecule has 2 aromatic carbocycles. The van der Waals surface area contributed by atoms with Gasteiger partial charge in [0.2, 0.25) is 5.79 Å². The van der Waals surface area contributed by atoms with Gasteiger partial charge in [-0.05, 0) is 25.0 Å². The molecule has 0 unspecified atom stereocenters. The van der Waals surface area contributed by atoms with Crippen LogP contribution in [0.5, 0.6) is 0 Å². The number of esters is 1. The smallest absolute Gasteiger partial charge is 0.336 e. The summed E-state index contributed by atoms with van der Waals surface area (Å²) in [5.74, 6) is -1.17. The van der Waals surface area contributed by atoms with E-state index >= 15 is 0 Å². The fourth-order valence-corrected chi connectivity index (χ4v) is 4.11. The fraction of sp³-hybridized carbons (Fsp3) is 0.318. The number of carbonyl (C=O) groups is 1. The highest BCUT2D eigenvalue weighted by Gasteiger charge is 2.70. The van der Waals surface area contributed by atoms with E-state index in [1.165, 1.54) is 17.2 Å². The Bertz CT molecular complexity index is 834. The lowest BCUT2D eigenvalue weighted by Crippen LogP contribution is -2.69. The monoisotopic (exact) mass is 350 g/mol. The molecule has 2 aromatic rings. The molecule has 0 aliphatic carbocycles. The van der Waals surface area contributed by atoms with E-state index in [4.69, 9.17) is 14.2 Å². The highest BCUT2D eigenvalue weighted by atomic mass is 16.8. The van der Waals surface area contributed by atoms with Gasteiger partial charge in [0.25, 0.3) is 0 Å². The van der Waals surface area contributed by atoms with Crippen LogP contribution in [0.15, 0.2) is 60.4 Å². The Hall–Kier alpha value is -2.59. The third kappa shape index (κ3) is 2.29. The summed E-state index contributed by atoms with van der Waals surface area (Å²) in [7, 11) is 1.58. The maximum absolute atomic E-state index is 11.9. The molecule has 0 bridgehead atoms. The first-order valence-corrected chi connectivity index (χ1v) is 8.72. The molecule has 0 N–H and O–H groups in total. The van der Waals surface area contributed by atoms with Crippen LogP contribution in [0.25, 0.3) is 0 Å². The fourth-order valence-electron chi connectivity index (χ4n) is 4.11. The minimum Gasteiger partial charge on any atom is -0.500 e. The van der Waals surface area contributed by atoms with Crippen molar-refractivity contribution in [3.05, 3.63) is 82.6 Å². The Morgan fingerprint density at radius 3 is 1.88 bits per heavy atom. The normalized spacial score (nSPS) is 26.2. The van der Waals surface area contributed by atoms with Crippen molar-refractivity contribution in [1.82, 2.24) is 0 Å². The zero-order valence-electron chi connectivity index (χ0n) is 15.4. The molecule has 2 heterocycles. The van der Waals surface area contributed by atoms with E-state index in [0.29, 0.717) is 5.76 Å². The van der Waals surface area contributed by atoms with Gasteiger partial charge in [0.05, 0.1) is 13.2 Å². The Balaban J connectivity index is 1.93. The van der Waals surface area contributed by atoms with Crippen LogP contribution in [-0.4, -0.2) is 18.9 Å². The van der Waals surface area contributed by atoms with E-state index in [-0.39, 0.29) is 5.92 Å². The maximum Gasteiger partial charge on any atom is 0.336 e. The third-order valence-electron chi connectivity index (χ3n) is 5.34. The molecule has 2 atom stereocenters. The molecule has 4 heteroatoms. The first kappa shape index (κ1) is 16.9. The van der Waals surface area contributed by atoms with Crippen molar-refractivity contribution < 1.29 is 19.0 Å². The molecule has 26 heavy (non-hydrogen) atoms. The van der Waals surface area contributed by atoms with Crippen LogP contribution in [0, 0.1) is 19.8 Å². The highest BCUT2D eigenvalue weighted by molar-refractivity contribution is 5.84. The molecule has 1 fully saturated rings. The largest absolute Gasteiger partial charge is 0.500 e. The Morgan fingerprint density at radius 2 is 1.42 bits per heavy atom. The average Bonchev–Trinajstić information content (AvgIpc) is 2.59. The van der Waals surface area contributed by atoms with Gasteiger partial charge < -0.3 is 14.2 Å². The van der Waals surface area contributed by atoms with E-state index in [2.05, 4.69) is 62.4 Å². The molecule has 0 radical (unpaired) electrons. The number of hydrogen-bond acceptors (Lipinski definition) is 4. The van der Waals surface area contributed by atoms with Crippen molar-refractivity contribution in [3.8, 4) is 0 Å². The molecule has 2 aliphatic heterocycles. The van der Waals surface area contributed by atoms with Crippen LogP contribution in [0.2, 0.25) is 0 Å². The van der Waals surface area contributed by atoms with E-state index in [0.717, 1.165) is 11.1 Å². The topological polar surface area (TPSA) is 44.8 Å². The second-order valence-electron chi connectivity index (χ2n) is 7.19. The Labute approximate surface area is 153 Å². The maximum atomic E-state index is 11.9. The molecule has 0 amide bonds. The van der Waals surface area contributed by atoms with Gasteiger partial charge in [0.1, 0.15) is 17.3 Å². The van der Waals surface area contributed by atoms with E-state index in [1.807, 2.05) is 0 Å². The van der Waals surface area contributed by atoms with Crippen molar-refractivity contribution in [2.75, 3.05) is 7.11 Å². The minimum atomic E-state index is -1.05. The standard InChI is InChI=1S/C22H22O4/c1-14-5-9-16(10-6-14)22(17-11-7-15(2)8-12-17)20-18(24-4)13-19(23)25-21(20,3)26-22/h5-13,20H,1-4H3/t20-,21-/m1/s1. The van der Waals surface area contributed by atoms with Crippen molar-refractivity contribution in [2.24, 2.45) is 5.92 Å². The molecule has 4 rings (SSSR count). The molecule has 0 spiro atoms. The van der Waals surface area contributed by atoms with Crippen molar-refractivity contribution >= 4 is 5.97 Å². The average molecular weight is 350 g/mol. The number of fused-ring (bicyclic) bond motifs is 1. The van der Waals surface area contributed by atoms with Gasteiger partial charge in [-0.1, -0.05) is 59.7 Å². The summed E-state index contributed by atoms with van der Waals surface area (Å²) < 4.78 is 17.5. The van der Waals surface area contributed by atoms with Crippen LogP contribution < -0.4 is 0 Å². The Morgan fingerprint density at radius 1 is 0.923 bits per heavy atom. The minimum absolute atomic E-state index is 0.261.